The van der Waals surface area contributed by atoms with Gasteiger partial charge in [-0.25, -0.2) is 9.69 Å². The number of ether oxygens (including phenoxy) is 2. The van der Waals surface area contributed by atoms with E-state index in [1.165, 1.54) is 13.2 Å². The Kier molecular flexibility index (Phi) is 7.34. The number of aryl methyl sites for hydroxylation is 1. The number of carbonyl (C=O) groups is 4. The number of barbiturate groups is 1. The summed E-state index contributed by atoms with van der Waals surface area (Å²) in [6.45, 7) is 3.66. The summed E-state index contributed by atoms with van der Waals surface area (Å²) in [5.41, 5.74) is 3.30. The third-order valence-corrected chi connectivity index (χ3v) is 5.85. The van der Waals surface area contributed by atoms with Crippen LogP contribution in [0.1, 0.15) is 16.7 Å². The minimum absolute atomic E-state index is 0.222. The van der Waals surface area contributed by atoms with E-state index in [-0.39, 0.29) is 23.8 Å². The monoisotopic (exact) mass is 499 g/mol. The van der Waals surface area contributed by atoms with Crippen molar-refractivity contribution < 1.29 is 28.7 Å². The first-order valence-corrected chi connectivity index (χ1v) is 11.4. The summed E-state index contributed by atoms with van der Waals surface area (Å²) in [6, 6.07) is 17.7. The predicted octanol–water partition coefficient (Wildman–Crippen LogP) is 4.00. The number of anilines is 2. The maximum atomic E-state index is 13.1. The molecule has 3 aromatic rings. The quantitative estimate of drug-likeness (QED) is 0.375. The van der Waals surface area contributed by atoms with Crippen LogP contribution in [0, 0.1) is 13.8 Å². The van der Waals surface area contributed by atoms with Crippen molar-refractivity contribution in [3.8, 4) is 11.5 Å². The summed E-state index contributed by atoms with van der Waals surface area (Å²) in [7, 11) is 1.50. The summed E-state index contributed by atoms with van der Waals surface area (Å²) in [5.74, 6) is -0.970. The molecule has 9 nitrogen and oxygen atoms in total. The SMILES string of the molecule is COc1ccc(N2C(=O)NC(=O)/C(=C\c3cccc(OCC(=O)Nc4cccc(C)c4C)c3)C2=O)cc1. The van der Waals surface area contributed by atoms with Gasteiger partial charge in [0, 0.05) is 5.69 Å². The smallest absolute Gasteiger partial charge is 0.335 e. The molecule has 5 amide bonds. The second kappa shape index (κ2) is 10.8. The lowest BCUT2D eigenvalue weighted by Crippen LogP contribution is -2.54. The molecule has 4 rings (SSSR count). The van der Waals surface area contributed by atoms with Crippen molar-refractivity contribution in [2.24, 2.45) is 0 Å². The van der Waals surface area contributed by atoms with E-state index in [9.17, 15) is 19.2 Å². The maximum absolute atomic E-state index is 13.1. The van der Waals surface area contributed by atoms with E-state index in [2.05, 4.69) is 10.6 Å². The van der Waals surface area contributed by atoms with E-state index in [0.717, 1.165) is 16.0 Å². The van der Waals surface area contributed by atoms with Gasteiger partial charge in [-0.1, -0.05) is 24.3 Å². The molecule has 0 unspecified atom stereocenters. The zero-order valence-corrected chi connectivity index (χ0v) is 20.5. The third kappa shape index (κ3) is 5.67. The molecule has 2 N–H and O–H groups in total. The molecule has 0 spiro atoms. The maximum Gasteiger partial charge on any atom is 0.335 e. The first-order chi connectivity index (χ1) is 17.8. The summed E-state index contributed by atoms with van der Waals surface area (Å²) in [6.07, 6.45) is 1.36. The Morgan fingerprint density at radius 2 is 1.70 bits per heavy atom. The van der Waals surface area contributed by atoms with E-state index < -0.39 is 17.8 Å². The van der Waals surface area contributed by atoms with Crippen molar-refractivity contribution in [1.29, 1.82) is 0 Å². The van der Waals surface area contributed by atoms with Gasteiger partial charge >= 0.3 is 6.03 Å². The van der Waals surface area contributed by atoms with Gasteiger partial charge in [-0.05, 0) is 79.1 Å². The Morgan fingerprint density at radius 3 is 2.43 bits per heavy atom. The highest BCUT2D eigenvalue weighted by molar-refractivity contribution is 6.39. The highest BCUT2D eigenvalue weighted by Crippen LogP contribution is 2.25. The van der Waals surface area contributed by atoms with Crippen LogP contribution < -0.4 is 25.0 Å². The van der Waals surface area contributed by atoms with Crippen molar-refractivity contribution in [2.75, 3.05) is 23.9 Å². The van der Waals surface area contributed by atoms with Crippen molar-refractivity contribution in [2.45, 2.75) is 13.8 Å². The topological polar surface area (TPSA) is 114 Å². The van der Waals surface area contributed by atoms with Crippen LogP contribution in [-0.4, -0.2) is 37.5 Å². The number of nitrogens with one attached hydrogen (secondary N) is 2. The van der Waals surface area contributed by atoms with Gasteiger partial charge in [-0.15, -0.1) is 0 Å². The van der Waals surface area contributed by atoms with E-state index in [4.69, 9.17) is 9.47 Å². The molecule has 0 aromatic heterocycles. The Bertz CT molecular complexity index is 1410. The molecule has 1 fully saturated rings. The molecule has 0 bridgehead atoms. The van der Waals surface area contributed by atoms with Crippen molar-refractivity contribution >= 4 is 41.2 Å². The number of carbonyl (C=O) groups excluding carboxylic acids is 4. The summed E-state index contributed by atoms with van der Waals surface area (Å²) < 4.78 is 10.7. The van der Waals surface area contributed by atoms with Gasteiger partial charge in [0.15, 0.2) is 6.61 Å². The highest BCUT2D eigenvalue weighted by atomic mass is 16.5. The Hall–Kier alpha value is -4.92. The molecule has 1 heterocycles. The standard InChI is InChI=1S/C28H25N3O6/c1-17-6-4-9-24(18(17)2)29-25(32)16-37-22-8-5-7-19(14-22)15-23-26(33)30-28(35)31(27(23)34)20-10-12-21(36-3)13-11-20/h4-15H,16H2,1-3H3,(H,29,32)(H,30,33,35)/b23-15+. The van der Waals surface area contributed by atoms with Crippen LogP contribution >= 0.6 is 0 Å². The number of benzene rings is 3. The lowest BCUT2D eigenvalue weighted by Gasteiger charge is -2.26. The summed E-state index contributed by atoms with van der Waals surface area (Å²) in [4.78, 5) is 51.2. The first kappa shape index (κ1) is 25.2. The van der Waals surface area contributed by atoms with Gasteiger partial charge in [-0.3, -0.25) is 19.7 Å². The molecule has 0 atom stereocenters. The molecule has 1 saturated heterocycles. The number of hydrogen-bond donors (Lipinski definition) is 2. The lowest BCUT2D eigenvalue weighted by atomic mass is 10.1. The molecule has 9 heteroatoms. The summed E-state index contributed by atoms with van der Waals surface area (Å²) in [5, 5.41) is 5.01. The normalized spacial score (nSPS) is 14.4. The molecule has 0 radical (unpaired) electrons. The minimum Gasteiger partial charge on any atom is -0.497 e. The zero-order valence-electron chi connectivity index (χ0n) is 20.5. The second-order valence-electron chi connectivity index (χ2n) is 8.31. The molecule has 1 aliphatic rings. The lowest BCUT2D eigenvalue weighted by molar-refractivity contribution is -0.122. The van der Waals surface area contributed by atoms with Gasteiger partial charge in [0.05, 0.1) is 12.8 Å². The fourth-order valence-corrected chi connectivity index (χ4v) is 3.71. The van der Waals surface area contributed by atoms with Crippen LogP contribution in [-0.2, 0) is 14.4 Å². The van der Waals surface area contributed by atoms with Gasteiger partial charge in [0.2, 0.25) is 0 Å². The number of imide groups is 2. The fraction of sp³-hybridized carbons (Fsp3) is 0.143. The summed E-state index contributed by atoms with van der Waals surface area (Å²) >= 11 is 0. The van der Waals surface area contributed by atoms with Crippen molar-refractivity contribution in [3.05, 3.63) is 89.0 Å². The average molecular weight is 500 g/mol. The number of methoxy groups -OCH3 is 1. The molecular formula is C28H25N3O6. The van der Waals surface area contributed by atoms with Crippen LogP contribution in [0.2, 0.25) is 0 Å². The molecule has 188 valence electrons. The first-order valence-electron chi connectivity index (χ1n) is 11.4. The zero-order chi connectivity index (χ0) is 26.5. The van der Waals surface area contributed by atoms with Crippen LogP contribution in [0.25, 0.3) is 6.08 Å². The van der Waals surface area contributed by atoms with Gasteiger partial charge < -0.3 is 14.8 Å². The Balaban J connectivity index is 1.48. The molecule has 37 heavy (non-hydrogen) atoms. The van der Waals surface area contributed by atoms with E-state index in [0.29, 0.717) is 22.7 Å². The van der Waals surface area contributed by atoms with Crippen molar-refractivity contribution in [1.82, 2.24) is 5.32 Å². The Labute approximate surface area is 213 Å². The number of hydrogen-bond acceptors (Lipinski definition) is 6. The van der Waals surface area contributed by atoms with Gasteiger partial charge in [-0.2, -0.15) is 0 Å². The van der Waals surface area contributed by atoms with Gasteiger partial charge in [0.1, 0.15) is 17.1 Å². The Morgan fingerprint density at radius 1 is 0.973 bits per heavy atom. The minimum atomic E-state index is -0.843. The average Bonchev–Trinajstić information content (AvgIpc) is 2.88. The van der Waals surface area contributed by atoms with Crippen LogP contribution in [0.3, 0.4) is 0 Å². The fourth-order valence-electron chi connectivity index (χ4n) is 3.71. The van der Waals surface area contributed by atoms with E-state index in [1.807, 2.05) is 32.0 Å². The second-order valence-corrected chi connectivity index (χ2v) is 8.31. The van der Waals surface area contributed by atoms with Crippen LogP contribution in [0.15, 0.2) is 72.3 Å². The number of urea groups is 1. The third-order valence-electron chi connectivity index (χ3n) is 5.85. The molecule has 0 aliphatic carbocycles. The largest absolute Gasteiger partial charge is 0.497 e. The molecule has 0 saturated carbocycles. The van der Waals surface area contributed by atoms with E-state index in [1.54, 1.807) is 48.5 Å². The van der Waals surface area contributed by atoms with Crippen LogP contribution in [0.4, 0.5) is 16.2 Å². The van der Waals surface area contributed by atoms with E-state index >= 15 is 0 Å². The number of amides is 5. The highest BCUT2D eigenvalue weighted by Gasteiger charge is 2.36. The molecular weight excluding hydrogens is 474 g/mol. The van der Waals surface area contributed by atoms with Crippen LogP contribution in [0.5, 0.6) is 11.5 Å². The number of rotatable bonds is 7. The molecule has 3 aromatic carbocycles. The number of nitrogens with zero attached hydrogens (tertiary/aromatic N) is 1. The van der Waals surface area contributed by atoms with Gasteiger partial charge in [0.25, 0.3) is 17.7 Å². The predicted molar refractivity (Wildman–Crippen MR) is 138 cm³/mol. The molecule has 1 aliphatic heterocycles. The van der Waals surface area contributed by atoms with Crippen molar-refractivity contribution in [3.63, 3.8) is 0 Å².